The summed E-state index contributed by atoms with van der Waals surface area (Å²) in [6.45, 7) is 2.78. The smallest absolute Gasteiger partial charge is 0.387 e. The highest BCUT2D eigenvalue weighted by Crippen LogP contribution is 2.17. The second-order valence-corrected chi connectivity index (χ2v) is 7.11. The first-order valence-electron chi connectivity index (χ1n) is 9.34. The third-order valence-corrected chi connectivity index (χ3v) is 4.15. The van der Waals surface area contributed by atoms with Gasteiger partial charge in [-0.05, 0) is 54.7 Å². The number of ether oxygens (including phenoxy) is 2. The van der Waals surface area contributed by atoms with Gasteiger partial charge in [-0.25, -0.2) is 4.79 Å². The van der Waals surface area contributed by atoms with Crippen molar-refractivity contribution in [3.05, 3.63) is 65.2 Å². The Morgan fingerprint density at radius 2 is 1.59 bits per heavy atom. The van der Waals surface area contributed by atoms with Gasteiger partial charge in [-0.15, -0.1) is 0 Å². The van der Waals surface area contributed by atoms with Crippen molar-refractivity contribution in [1.29, 1.82) is 0 Å². The Hall–Kier alpha value is -2.96. The summed E-state index contributed by atoms with van der Waals surface area (Å²) in [5.74, 6) is -0.660. The van der Waals surface area contributed by atoms with Crippen LogP contribution in [0.25, 0.3) is 0 Å². The molecule has 2 rings (SSSR count). The number of carbonyl (C=O) groups is 2. The zero-order valence-corrected chi connectivity index (χ0v) is 16.7. The number of alkyl halides is 2. The van der Waals surface area contributed by atoms with Crippen LogP contribution in [0.3, 0.4) is 0 Å². The topological polar surface area (TPSA) is 64.6 Å². The third-order valence-electron chi connectivity index (χ3n) is 4.15. The lowest BCUT2D eigenvalue weighted by atomic mass is 10.00. The molecule has 0 fully saturated rings. The number of carbonyl (C=O) groups excluding carboxylic acids is 2. The summed E-state index contributed by atoms with van der Waals surface area (Å²) >= 11 is 0. The summed E-state index contributed by atoms with van der Waals surface area (Å²) < 4.78 is 33.4. The van der Waals surface area contributed by atoms with Gasteiger partial charge in [0.1, 0.15) is 5.75 Å². The van der Waals surface area contributed by atoms with E-state index in [1.807, 2.05) is 31.2 Å². The normalized spacial score (nSPS) is 12.0. The van der Waals surface area contributed by atoms with Crippen LogP contribution >= 0.6 is 0 Å². The second kappa shape index (κ2) is 10.5. The fourth-order valence-electron chi connectivity index (χ4n) is 2.77. The summed E-state index contributed by atoms with van der Waals surface area (Å²) in [5.41, 5.74) is 2.32. The number of hydrogen-bond donors (Lipinski definition) is 1. The minimum atomic E-state index is -2.94. The molecule has 1 atom stereocenters. The Kier molecular flexibility index (Phi) is 8.12. The minimum Gasteiger partial charge on any atom is -0.452 e. The molecule has 7 heteroatoms. The maximum Gasteiger partial charge on any atom is 0.387 e. The molecule has 0 aromatic heterocycles. The van der Waals surface area contributed by atoms with Crippen molar-refractivity contribution >= 4 is 11.9 Å². The van der Waals surface area contributed by atoms with Gasteiger partial charge in [0.15, 0.2) is 6.61 Å². The maximum absolute atomic E-state index is 12.1. The number of benzene rings is 2. The number of amides is 1. The van der Waals surface area contributed by atoms with Crippen molar-refractivity contribution < 1.29 is 27.8 Å². The molecule has 0 unspecified atom stereocenters. The van der Waals surface area contributed by atoms with E-state index in [1.54, 1.807) is 0 Å². The Morgan fingerprint density at radius 3 is 2.14 bits per heavy atom. The van der Waals surface area contributed by atoms with Crippen molar-refractivity contribution in [2.24, 2.45) is 5.92 Å². The van der Waals surface area contributed by atoms with Gasteiger partial charge in [0, 0.05) is 0 Å². The van der Waals surface area contributed by atoms with Crippen LogP contribution in [0.2, 0.25) is 0 Å². The van der Waals surface area contributed by atoms with E-state index in [-0.39, 0.29) is 17.4 Å². The highest BCUT2D eigenvalue weighted by atomic mass is 19.3. The first-order chi connectivity index (χ1) is 13.7. The van der Waals surface area contributed by atoms with Gasteiger partial charge >= 0.3 is 12.6 Å². The second-order valence-electron chi connectivity index (χ2n) is 7.11. The van der Waals surface area contributed by atoms with Gasteiger partial charge in [-0.1, -0.05) is 38.1 Å². The Bertz CT molecular complexity index is 805. The van der Waals surface area contributed by atoms with E-state index < -0.39 is 25.1 Å². The van der Waals surface area contributed by atoms with E-state index in [9.17, 15) is 18.4 Å². The SMILES string of the molecule is CC(C)Cc1ccc([C@H](C)NC(=O)COC(=O)c2ccc(OC(F)F)cc2)cc1. The molecule has 0 aliphatic carbocycles. The van der Waals surface area contributed by atoms with Crippen molar-refractivity contribution in [3.63, 3.8) is 0 Å². The number of nitrogens with one attached hydrogen (secondary N) is 1. The van der Waals surface area contributed by atoms with Crippen molar-refractivity contribution in [1.82, 2.24) is 5.32 Å². The lowest BCUT2D eigenvalue weighted by Crippen LogP contribution is -2.31. The van der Waals surface area contributed by atoms with E-state index in [0.29, 0.717) is 5.92 Å². The van der Waals surface area contributed by atoms with Gasteiger partial charge in [0.05, 0.1) is 11.6 Å². The zero-order valence-electron chi connectivity index (χ0n) is 16.7. The quantitative estimate of drug-likeness (QED) is 0.623. The summed E-state index contributed by atoms with van der Waals surface area (Å²) in [4.78, 5) is 24.0. The molecule has 1 amide bonds. The molecule has 0 bridgehead atoms. The molecule has 0 radical (unpaired) electrons. The molecule has 0 aliphatic heterocycles. The average molecular weight is 405 g/mol. The Balaban J connectivity index is 1.81. The van der Waals surface area contributed by atoms with E-state index in [0.717, 1.165) is 12.0 Å². The monoisotopic (exact) mass is 405 g/mol. The fourth-order valence-corrected chi connectivity index (χ4v) is 2.77. The van der Waals surface area contributed by atoms with Crippen molar-refractivity contribution in [3.8, 4) is 5.75 Å². The van der Waals surface area contributed by atoms with Gasteiger partial charge in [-0.3, -0.25) is 4.79 Å². The number of rotatable bonds is 9. The van der Waals surface area contributed by atoms with Crippen LogP contribution in [0.1, 0.15) is 48.3 Å². The van der Waals surface area contributed by atoms with Crippen molar-refractivity contribution in [2.45, 2.75) is 39.8 Å². The predicted octanol–water partition coefficient (Wildman–Crippen LogP) is 4.52. The Morgan fingerprint density at radius 1 is 0.966 bits per heavy atom. The number of hydrogen-bond acceptors (Lipinski definition) is 4. The lowest BCUT2D eigenvalue weighted by molar-refractivity contribution is -0.124. The molecule has 0 aliphatic rings. The van der Waals surface area contributed by atoms with E-state index in [1.165, 1.54) is 29.8 Å². The van der Waals surface area contributed by atoms with Gasteiger partial charge in [-0.2, -0.15) is 8.78 Å². The van der Waals surface area contributed by atoms with Crippen LogP contribution in [0.4, 0.5) is 8.78 Å². The molecule has 1 N–H and O–H groups in total. The number of halogens is 2. The minimum absolute atomic E-state index is 0.0671. The molecule has 0 saturated heterocycles. The first kappa shape index (κ1) is 22.3. The summed E-state index contributed by atoms with van der Waals surface area (Å²) in [7, 11) is 0. The fraction of sp³-hybridized carbons (Fsp3) is 0.364. The standard InChI is InChI=1S/C22H25F2NO4/c1-14(2)12-16-4-6-17(7-5-16)15(3)25-20(26)13-28-21(27)18-8-10-19(11-9-18)29-22(23)24/h4-11,14-15,22H,12-13H2,1-3H3,(H,25,26)/t15-/m0/s1. The van der Waals surface area contributed by atoms with Gasteiger partial charge in [0.25, 0.3) is 5.91 Å². The van der Waals surface area contributed by atoms with Crippen LogP contribution in [0.5, 0.6) is 5.75 Å². The van der Waals surface area contributed by atoms with Crippen LogP contribution < -0.4 is 10.1 Å². The number of esters is 1. The summed E-state index contributed by atoms with van der Waals surface area (Å²) in [6.07, 6.45) is 0.992. The molecule has 29 heavy (non-hydrogen) atoms. The van der Waals surface area contributed by atoms with Crippen molar-refractivity contribution in [2.75, 3.05) is 6.61 Å². The lowest BCUT2D eigenvalue weighted by Gasteiger charge is -2.15. The third kappa shape index (κ3) is 7.52. The van der Waals surface area contributed by atoms with Crippen LogP contribution in [0.15, 0.2) is 48.5 Å². The summed E-state index contributed by atoms with van der Waals surface area (Å²) in [5, 5.41) is 2.77. The molecular weight excluding hydrogens is 380 g/mol. The first-order valence-corrected chi connectivity index (χ1v) is 9.34. The zero-order chi connectivity index (χ0) is 21.4. The molecule has 2 aromatic carbocycles. The average Bonchev–Trinajstić information content (AvgIpc) is 2.66. The molecule has 0 heterocycles. The van der Waals surface area contributed by atoms with Crippen LogP contribution in [-0.4, -0.2) is 25.1 Å². The molecule has 0 spiro atoms. The Labute approximate surface area is 169 Å². The summed E-state index contributed by atoms with van der Waals surface area (Å²) in [6, 6.07) is 12.8. The molecule has 156 valence electrons. The van der Waals surface area contributed by atoms with Gasteiger partial charge in [0.2, 0.25) is 0 Å². The largest absolute Gasteiger partial charge is 0.452 e. The van der Waals surface area contributed by atoms with Crippen LogP contribution in [0, 0.1) is 5.92 Å². The van der Waals surface area contributed by atoms with Crippen LogP contribution in [-0.2, 0) is 16.0 Å². The molecule has 0 saturated carbocycles. The van der Waals surface area contributed by atoms with Gasteiger partial charge < -0.3 is 14.8 Å². The van der Waals surface area contributed by atoms with E-state index >= 15 is 0 Å². The molecule has 5 nitrogen and oxygen atoms in total. The maximum atomic E-state index is 12.1. The highest BCUT2D eigenvalue weighted by Gasteiger charge is 2.14. The highest BCUT2D eigenvalue weighted by molar-refractivity contribution is 5.91. The predicted molar refractivity (Wildman–Crippen MR) is 105 cm³/mol. The molecular formula is C22H25F2NO4. The molecule has 2 aromatic rings. The van der Waals surface area contributed by atoms with E-state index in [2.05, 4.69) is 23.9 Å². The van der Waals surface area contributed by atoms with E-state index in [4.69, 9.17) is 4.74 Å².